The van der Waals surface area contributed by atoms with Crippen molar-refractivity contribution in [2.24, 2.45) is 0 Å². The molecule has 2 aromatic rings. The molecule has 7 nitrogen and oxygen atoms in total. The fraction of sp³-hybridized carbons (Fsp3) is 0.500. The molecule has 1 aliphatic heterocycles. The van der Waals surface area contributed by atoms with Gasteiger partial charge in [0.1, 0.15) is 0 Å². The van der Waals surface area contributed by atoms with Crippen molar-refractivity contribution >= 4 is 6.03 Å². The van der Waals surface area contributed by atoms with Gasteiger partial charge in [0.15, 0.2) is 5.82 Å². The van der Waals surface area contributed by atoms with Crippen molar-refractivity contribution in [3.8, 4) is 5.82 Å². The Labute approximate surface area is 148 Å². The van der Waals surface area contributed by atoms with Crippen molar-refractivity contribution in [3.05, 3.63) is 42.4 Å². The fourth-order valence-electron chi connectivity index (χ4n) is 3.26. The van der Waals surface area contributed by atoms with Crippen LogP contribution in [-0.2, 0) is 6.54 Å². The van der Waals surface area contributed by atoms with Gasteiger partial charge in [0.25, 0.3) is 0 Å². The molecule has 3 heterocycles. The third kappa shape index (κ3) is 4.57. The van der Waals surface area contributed by atoms with E-state index in [1.807, 2.05) is 24.4 Å². The lowest BCUT2D eigenvalue weighted by molar-refractivity contribution is 0.216. The Morgan fingerprint density at radius 2 is 2.08 bits per heavy atom. The molecule has 0 bridgehead atoms. The molecule has 1 fully saturated rings. The van der Waals surface area contributed by atoms with Crippen LogP contribution in [0.5, 0.6) is 0 Å². The van der Waals surface area contributed by atoms with Crippen LogP contribution in [0.4, 0.5) is 4.79 Å². The number of nitrogens with zero attached hydrogens (tertiary/aromatic N) is 4. The topological polar surface area (TPSA) is 75.1 Å². The van der Waals surface area contributed by atoms with Crippen molar-refractivity contribution < 1.29 is 4.79 Å². The van der Waals surface area contributed by atoms with Gasteiger partial charge < -0.3 is 10.6 Å². The standard InChI is InChI=1S/C18H26N6O/c1-2-16(23-10-3-4-11-23)14-21-18(25)20-13-15-7-5-8-19-17(15)24-12-6-9-22-24/h5-9,12,16H,2-4,10-11,13-14H2,1H3,(H2,20,21,25)/t16-/m1/s1. The molecule has 0 radical (unpaired) electrons. The third-order valence-electron chi connectivity index (χ3n) is 4.65. The number of hydrogen-bond acceptors (Lipinski definition) is 4. The summed E-state index contributed by atoms with van der Waals surface area (Å²) in [4.78, 5) is 19.0. The molecule has 0 aromatic carbocycles. The van der Waals surface area contributed by atoms with Crippen LogP contribution in [0.15, 0.2) is 36.8 Å². The first kappa shape index (κ1) is 17.4. The Balaban J connectivity index is 1.51. The van der Waals surface area contributed by atoms with E-state index in [1.165, 1.54) is 12.8 Å². The fourth-order valence-corrected chi connectivity index (χ4v) is 3.26. The molecule has 0 unspecified atom stereocenters. The minimum absolute atomic E-state index is 0.145. The summed E-state index contributed by atoms with van der Waals surface area (Å²) in [6.45, 7) is 5.56. The Kier molecular flexibility index (Phi) is 6.00. The summed E-state index contributed by atoms with van der Waals surface area (Å²) in [5.41, 5.74) is 0.924. The van der Waals surface area contributed by atoms with Gasteiger partial charge in [0.2, 0.25) is 0 Å². The summed E-state index contributed by atoms with van der Waals surface area (Å²) in [6, 6.07) is 5.94. The van der Waals surface area contributed by atoms with Crippen molar-refractivity contribution in [2.75, 3.05) is 19.6 Å². The normalized spacial score (nSPS) is 15.9. The van der Waals surface area contributed by atoms with Crippen molar-refractivity contribution in [1.29, 1.82) is 0 Å². The highest BCUT2D eigenvalue weighted by atomic mass is 16.2. The molecule has 2 N–H and O–H groups in total. The average molecular weight is 342 g/mol. The summed E-state index contributed by atoms with van der Waals surface area (Å²) in [5, 5.41) is 10.1. The van der Waals surface area contributed by atoms with Crippen molar-refractivity contribution in [3.63, 3.8) is 0 Å². The van der Waals surface area contributed by atoms with E-state index in [-0.39, 0.29) is 6.03 Å². The summed E-state index contributed by atoms with van der Waals surface area (Å²) in [5.74, 6) is 0.733. The monoisotopic (exact) mass is 342 g/mol. The van der Waals surface area contributed by atoms with Gasteiger partial charge in [-0.2, -0.15) is 5.10 Å². The van der Waals surface area contributed by atoms with Crippen LogP contribution in [-0.4, -0.2) is 51.4 Å². The zero-order chi connectivity index (χ0) is 17.5. The van der Waals surface area contributed by atoms with Gasteiger partial charge in [-0.3, -0.25) is 4.90 Å². The first-order valence-corrected chi connectivity index (χ1v) is 8.97. The van der Waals surface area contributed by atoms with Crippen LogP contribution >= 0.6 is 0 Å². The van der Waals surface area contributed by atoms with Gasteiger partial charge in [-0.1, -0.05) is 13.0 Å². The molecule has 134 valence electrons. The minimum Gasteiger partial charge on any atom is -0.337 e. The predicted octanol–water partition coefficient (Wildman–Crippen LogP) is 1.94. The number of pyridine rings is 1. The van der Waals surface area contributed by atoms with E-state index in [0.29, 0.717) is 19.1 Å². The molecular weight excluding hydrogens is 316 g/mol. The first-order valence-electron chi connectivity index (χ1n) is 8.97. The predicted molar refractivity (Wildman–Crippen MR) is 96.5 cm³/mol. The van der Waals surface area contributed by atoms with E-state index in [2.05, 4.69) is 32.5 Å². The van der Waals surface area contributed by atoms with Crippen LogP contribution in [0.3, 0.4) is 0 Å². The number of nitrogens with one attached hydrogen (secondary N) is 2. The van der Waals surface area contributed by atoms with Crippen LogP contribution in [0.25, 0.3) is 5.82 Å². The highest BCUT2D eigenvalue weighted by Crippen LogP contribution is 2.13. The maximum absolute atomic E-state index is 12.2. The van der Waals surface area contributed by atoms with Crippen LogP contribution < -0.4 is 10.6 Å². The second-order valence-electron chi connectivity index (χ2n) is 6.31. The maximum atomic E-state index is 12.2. The maximum Gasteiger partial charge on any atom is 0.315 e. The van der Waals surface area contributed by atoms with Gasteiger partial charge in [0, 0.05) is 43.3 Å². The van der Waals surface area contributed by atoms with E-state index in [4.69, 9.17) is 0 Å². The van der Waals surface area contributed by atoms with Crippen LogP contribution in [0.1, 0.15) is 31.7 Å². The second kappa shape index (κ2) is 8.62. The molecule has 1 atom stereocenters. The number of carbonyl (C=O) groups is 1. The molecule has 0 aliphatic carbocycles. The zero-order valence-corrected chi connectivity index (χ0v) is 14.7. The van der Waals surface area contributed by atoms with E-state index < -0.39 is 0 Å². The van der Waals surface area contributed by atoms with Gasteiger partial charge in [-0.05, 0) is 44.5 Å². The highest BCUT2D eigenvalue weighted by molar-refractivity contribution is 5.73. The van der Waals surface area contributed by atoms with Gasteiger partial charge >= 0.3 is 6.03 Å². The Morgan fingerprint density at radius 3 is 2.80 bits per heavy atom. The average Bonchev–Trinajstić information content (AvgIpc) is 3.35. The minimum atomic E-state index is -0.145. The molecule has 3 rings (SSSR count). The lowest BCUT2D eigenvalue weighted by Gasteiger charge is -2.26. The lowest BCUT2D eigenvalue weighted by Crippen LogP contribution is -2.45. The van der Waals surface area contributed by atoms with E-state index in [1.54, 1.807) is 17.1 Å². The summed E-state index contributed by atoms with van der Waals surface area (Å²) in [7, 11) is 0. The van der Waals surface area contributed by atoms with E-state index in [9.17, 15) is 4.79 Å². The molecule has 2 amide bonds. The Morgan fingerprint density at radius 1 is 1.24 bits per heavy atom. The van der Waals surface area contributed by atoms with Crippen molar-refractivity contribution in [1.82, 2.24) is 30.3 Å². The van der Waals surface area contributed by atoms with Gasteiger partial charge in [-0.25, -0.2) is 14.5 Å². The quantitative estimate of drug-likeness (QED) is 0.806. The lowest BCUT2D eigenvalue weighted by atomic mass is 10.2. The highest BCUT2D eigenvalue weighted by Gasteiger charge is 2.20. The molecule has 2 aromatic heterocycles. The molecule has 0 saturated carbocycles. The summed E-state index contributed by atoms with van der Waals surface area (Å²) < 4.78 is 1.70. The van der Waals surface area contributed by atoms with E-state index in [0.717, 1.165) is 30.9 Å². The van der Waals surface area contributed by atoms with Crippen molar-refractivity contribution in [2.45, 2.75) is 38.8 Å². The molecule has 1 saturated heterocycles. The first-order chi connectivity index (χ1) is 12.3. The molecule has 25 heavy (non-hydrogen) atoms. The number of carbonyl (C=O) groups excluding carboxylic acids is 1. The summed E-state index contributed by atoms with van der Waals surface area (Å²) in [6.07, 6.45) is 8.85. The van der Waals surface area contributed by atoms with Crippen LogP contribution in [0, 0.1) is 0 Å². The van der Waals surface area contributed by atoms with Crippen LogP contribution in [0.2, 0.25) is 0 Å². The third-order valence-corrected chi connectivity index (χ3v) is 4.65. The second-order valence-corrected chi connectivity index (χ2v) is 6.31. The molecule has 1 aliphatic rings. The smallest absolute Gasteiger partial charge is 0.315 e. The molecule has 7 heteroatoms. The SMILES string of the molecule is CC[C@H](CNC(=O)NCc1cccnc1-n1cccn1)N1CCCC1. The zero-order valence-electron chi connectivity index (χ0n) is 14.7. The number of aromatic nitrogens is 3. The Hall–Kier alpha value is -2.41. The number of amides is 2. The number of rotatable bonds is 7. The van der Waals surface area contributed by atoms with Gasteiger partial charge in [0.05, 0.1) is 0 Å². The largest absolute Gasteiger partial charge is 0.337 e. The summed E-state index contributed by atoms with van der Waals surface area (Å²) >= 11 is 0. The number of urea groups is 1. The number of likely N-dealkylation sites (tertiary alicyclic amines) is 1. The van der Waals surface area contributed by atoms with E-state index >= 15 is 0 Å². The number of hydrogen-bond donors (Lipinski definition) is 2. The van der Waals surface area contributed by atoms with Gasteiger partial charge in [-0.15, -0.1) is 0 Å². The molecular formula is C18H26N6O. The molecule has 0 spiro atoms. The Bertz CT molecular complexity index is 666.